The Hall–Kier alpha value is -1.06. The number of anilines is 1. The van der Waals surface area contributed by atoms with Crippen LogP contribution in [0.25, 0.3) is 0 Å². The highest BCUT2D eigenvalue weighted by molar-refractivity contribution is 5.94. The van der Waals surface area contributed by atoms with Gasteiger partial charge in [0.25, 0.3) is 0 Å². The zero-order valence-electron chi connectivity index (χ0n) is 12.6. The van der Waals surface area contributed by atoms with Crippen molar-refractivity contribution in [2.75, 3.05) is 25.0 Å². The Labute approximate surface area is 128 Å². The average molecular weight is 297 g/mol. The van der Waals surface area contributed by atoms with Crippen LogP contribution in [0.2, 0.25) is 0 Å². The Morgan fingerprint density at radius 3 is 2.40 bits per heavy atom. The lowest BCUT2D eigenvalue weighted by Crippen LogP contribution is -2.36. The molecular weight excluding hydrogens is 272 g/mol. The fourth-order valence-corrected chi connectivity index (χ4v) is 2.05. The molecule has 0 unspecified atom stereocenters. The molecule has 1 aliphatic carbocycles. The van der Waals surface area contributed by atoms with Crippen molar-refractivity contribution in [1.82, 2.24) is 5.32 Å². The summed E-state index contributed by atoms with van der Waals surface area (Å²) in [6.45, 7) is 5.75. The van der Waals surface area contributed by atoms with Crippen molar-refractivity contribution in [3.8, 4) is 0 Å². The second-order valence-corrected chi connectivity index (χ2v) is 5.77. The van der Waals surface area contributed by atoms with Gasteiger partial charge < -0.3 is 10.2 Å². The molecule has 20 heavy (non-hydrogen) atoms. The maximum absolute atomic E-state index is 12.0. The van der Waals surface area contributed by atoms with Crippen LogP contribution in [0.5, 0.6) is 0 Å². The number of benzene rings is 1. The van der Waals surface area contributed by atoms with Crippen LogP contribution in [0.4, 0.5) is 5.69 Å². The van der Waals surface area contributed by atoms with Crippen LogP contribution in [0.1, 0.15) is 38.2 Å². The van der Waals surface area contributed by atoms with Gasteiger partial charge in [0.15, 0.2) is 0 Å². The summed E-state index contributed by atoms with van der Waals surface area (Å²) in [4.78, 5) is 13.8. The third-order valence-electron chi connectivity index (χ3n) is 3.73. The second-order valence-electron chi connectivity index (χ2n) is 5.77. The highest BCUT2D eigenvalue weighted by Gasteiger charge is 2.21. The number of halogens is 1. The van der Waals surface area contributed by atoms with Crippen LogP contribution in [-0.2, 0) is 4.79 Å². The number of hydrogen-bond donors (Lipinski definition) is 1. The molecule has 0 atom stereocenters. The summed E-state index contributed by atoms with van der Waals surface area (Å²) in [6, 6.07) is 8.24. The second kappa shape index (κ2) is 7.65. The van der Waals surface area contributed by atoms with Gasteiger partial charge >= 0.3 is 0 Å². The highest BCUT2D eigenvalue weighted by atomic mass is 35.5. The number of carbonyl (C=O) groups is 1. The number of hydrogen-bond acceptors (Lipinski definition) is 2. The molecule has 1 aromatic rings. The van der Waals surface area contributed by atoms with Crippen molar-refractivity contribution in [2.24, 2.45) is 5.92 Å². The van der Waals surface area contributed by atoms with Gasteiger partial charge in [-0.05, 0) is 48.9 Å². The minimum atomic E-state index is 0. The molecule has 0 radical (unpaired) electrons. The van der Waals surface area contributed by atoms with Crippen molar-refractivity contribution in [3.63, 3.8) is 0 Å². The van der Waals surface area contributed by atoms with Gasteiger partial charge in [-0.3, -0.25) is 4.79 Å². The van der Waals surface area contributed by atoms with E-state index in [0.717, 1.165) is 18.2 Å². The monoisotopic (exact) mass is 296 g/mol. The average Bonchev–Trinajstić information content (AvgIpc) is 3.22. The number of rotatable bonds is 6. The first kappa shape index (κ1) is 17.0. The molecule has 3 nitrogen and oxygen atoms in total. The smallest absolute Gasteiger partial charge is 0.240 e. The van der Waals surface area contributed by atoms with Gasteiger partial charge in [0, 0.05) is 12.7 Å². The Morgan fingerprint density at radius 2 is 1.90 bits per heavy atom. The summed E-state index contributed by atoms with van der Waals surface area (Å²) >= 11 is 0. The molecule has 1 fully saturated rings. The van der Waals surface area contributed by atoms with Gasteiger partial charge in [-0.1, -0.05) is 26.0 Å². The van der Waals surface area contributed by atoms with Crippen molar-refractivity contribution in [3.05, 3.63) is 29.8 Å². The topological polar surface area (TPSA) is 32.3 Å². The maximum atomic E-state index is 12.0. The molecule has 1 amide bonds. The van der Waals surface area contributed by atoms with E-state index in [2.05, 4.69) is 31.3 Å². The van der Waals surface area contributed by atoms with E-state index in [4.69, 9.17) is 0 Å². The Balaban J connectivity index is 0.00000200. The van der Waals surface area contributed by atoms with E-state index in [1.165, 1.54) is 18.4 Å². The molecule has 112 valence electrons. The quantitative estimate of drug-likeness (QED) is 0.874. The minimum absolute atomic E-state index is 0. The van der Waals surface area contributed by atoms with Crippen LogP contribution in [-0.4, -0.2) is 26.0 Å². The molecule has 4 heteroatoms. The van der Waals surface area contributed by atoms with Crippen molar-refractivity contribution in [2.45, 2.75) is 32.6 Å². The first-order chi connectivity index (χ1) is 9.08. The minimum Gasteiger partial charge on any atom is -0.314 e. The lowest BCUT2D eigenvalue weighted by atomic mass is 10.0. The number of carbonyl (C=O) groups excluding carboxylic acids is 1. The Bertz CT molecular complexity index is 427. The summed E-state index contributed by atoms with van der Waals surface area (Å²) in [5.41, 5.74) is 2.26. The molecule has 0 spiro atoms. The molecule has 1 aromatic carbocycles. The summed E-state index contributed by atoms with van der Waals surface area (Å²) in [5, 5.41) is 3.24. The number of nitrogens with zero attached hydrogens (tertiary/aromatic N) is 1. The first-order valence-corrected chi connectivity index (χ1v) is 7.15. The summed E-state index contributed by atoms with van der Waals surface area (Å²) in [5.74, 6) is 1.46. The van der Waals surface area contributed by atoms with Gasteiger partial charge in [-0.25, -0.2) is 0 Å². The molecule has 1 saturated carbocycles. The van der Waals surface area contributed by atoms with Crippen molar-refractivity contribution < 1.29 is 4.79 Å². The van der Waals surface area contributed by atoms with Gasteiger partial charge in [-0.15, -0.1) is 12.4 Å². The van der Waals surface area contributed by atoms with E-state index in [1.807, 2.05) is 19.2 Å². The molecule has 0 aromatic heterocycles. The SMILES string of the molecule is CC(C)c1ccc(N(C)C(=O)CNCC2CC2)cc1.Cl. The molecule has 2 rings (SSSR count). The standard InChI is InChI=1S/C16H24N2O.ClH/c1-12(2)14-6-8-15(9-7-14)18(3)16(19)11-17-10-13-4-5-13;/h6-9,12-13,17H,4-5,10-11H2,1-3H3;1H. The van der Waals surface area contributed by atoms with E-state index >= 15 is 0 Å². The van der Waals surface area contributed by atoms with Gasteiger partial charge in [0.2, 0.25) is 5.91 Å². The predicted molar refractivity (Wildman–Crippen MR) is 86.8 cm³/mol. The summed E-state index contributed by atoms with van der Waals surface area (Å²) < 4.78 is 0. The first-order valence-electron chi connectivity index (χ1n) is 7.15. The molecule has 1 aliphatic rings. The normalized spacial score (nSPS) is 14.0. The third kappa shape index (κ3) is 4.80. The fraction of sp³-hybridized carbons (Fsp3) is 0.562. The number of nitrogens with one attached hydrogen (secondary N) is 1. The van der Waals surface area contributed by atoms with Crippen LogP contribution < -0.4 is 10.2 Å². The third-order valence-corrected chi connectivity index (χ3v) is 3.73. The van der Waals surface area contributed by atoms with E-state index in [0.29, 0.717) is 12.5 Å². The molecule has 0 saturated heterocycles. The molecule has 0 heterocycles. The van der Waals surface area contributed by atoms with Gasteiger partial charge in [0.05, 0.1) is 6.54 Å². The number of likely N-dealkylation sites (N-methyl/N-ethyl adjacent to an activating group) is 1. The van der Waals surface area contributed by atoms with E-state index in [1.54, 1.807) is 4.90 Å². The zero-order chi connectivity index (χ0) is 13.8. The maximum Gasteiger partial charge on any atom is 0.240 e. The largest absolute Gasteiger partial charge is 0.314 e. The molecular formula is C16H25ClN2O. The van der Waals surface area contributed by atoms with Crippen molar-refractivity contribution >= 4 is 24.0 Å². The zero-order valence-corrected chi connectivity index (χ0v) is 13.4. The molecule has 0 aliphatic heterocycles. The van der Waals surface area contributed by atoms with Gasteiger partial charge in [0.1, 0.15) is 0 Å². The van der Waals surface area contributed by atoms with Crippen LogP contribution >= 0.6 is 12.4 Å². The van der Waals surface area contributed by atoms with E-state index in [9.17, 15) is 4.79 Å². The Morgan fingerprint density at radius 1 is 1.30 bits per heavy atom. The van der Waals surface area contributed by atoms with E-state index in [-0.39, 0.29) is 18.3 Å². The lowest BCUT2D eigenvalue weighted by molar-refractivity contribution is -0.117. The van der Waals surface area contributed by atoms with Gasteiger partial charge in [-0.2, -0.15) is 0 Å². The summed E-state index contributed by atoms with van der Waals surface area (Å²) in [7, 11) is 1.84. The number of amides is 1. The predicted octanol–water partition coefficient (Wildman–Crippen LogP) is 3.19. The fourth-order valence-electron chi connectivity index (χ4n) is 2.05. The van der Waals surface area contributed by atoms with Crippen molar-refractivity contribution in [1.29, 1.82) is 0 Å². The lowest BCUT2D eigenvalue weighted by Gasteiger charge is -2.18. The van der Waals surface area contributed by atoms with E-state index < -0.39 is 0 Å². The Kier molecular flexibility index (Phi) is 6.50. The van der Waals surface area contributed by atoms with Crippen LogP contribution in [0.15, 0.2) is 24.3 Å². The molecule has 1 N–H and O–H groups in total. The molecule has 0 bridgehead atoms. The summed E-state index contributed by atoms with van der Waals surface area (Å²) in [6.07, 6.45) is 2.63. The van der Waals surface area contributed by atoms with Crippen LogP contribution in [0.3, 0.4) is 0 Å². The highest BCUT2D eigenvalue weighted by Crippen LogP contribution is 2.27. The van der Waals surface area contributed by atoms with Crippen LogP contribution in [0, 0.1) is 5.92 Å².